The van der Waals surface area contributed by atoms with E-state index in [-0.39, 0.29) is 24.5 Å². The molecule has 1 fully saturated rings. The Kier molecular flexibility index (Phi) is 5.89. The van der Waals surface area contributed by atoms with Crippen molar-refractivity contribution in [1.29, 1.82) is 0 Å². The van der Waals surface area contributed by atoms with Gasteiger partial charge in [0.25, 0.3) is 11.7 Å². The second-order valence-corrected chi connectivity index (χ2v) is 6.93. The Morgan fingerprint density at radius 1 is 1.07 bits per heavy atom. The van der Waals surface area contributed by atoms with Crippen LogP contribution in [0.3, 0.4) is 0 Å². The SMILES string of the molecule is COc1ccc(/C(O)=C2/C(=O)C(=O)N(CCO)C2c2ccc(N(C)C)cc2)cc1. The second-order valence-electron chi connectivity index (χ2n) is 6.93. The maximum atomic E-state index is 12.8. The summed E-state index contributed by atoms with van der Waals surface area (Å²) in [7, 11) is 5.36. The molecule has 1 atom stereocenters. The van der Waals surface area contributed by atoms with Crippen LogP contribution in [-0.2, 0) is 9.59 Å². The molecule has 1 heterocycles. The van der Waals surface area contributed by atoms with Crippen LogP contribution < -0.4 is 9.64 Å². The summed E-state index contributed by atoms with van der Waals surface area (Å²) in [5.74, 6) is -1.16. The molecule has 0 aliphatic carbocycles. The first-order valence-corrected chi connectivity index (χ1v) is 9.20. The van der Waals surface area contributed by atoms with E-state index in [1.165, 1.54) is 12.0 Å². The van der Waals surface area contributed by atoms with Gasteiger partial charge in [-0.15, -0.1) is 0 Å². The van der Waals surface area contributed by atoms with E-state index >= 15 is 0 Å². The number of hydrogen-bond donors (Lipinski definition) is 2. The highest BCUT2D eigenvalue weighted by atomic mass is 16.5. The summed E-state index contributed by atoms with van der Waals surface area (Å²) >= 11 is 0. The molecule has 3 rings (SSSR count). The number of hydrogen-bond acceptors (Lipinski definition) is 6. The van der Waals surface area contributed by atoms with Crippen molar-refractivity contribution < 1.29 is 24.5 Å². The van der Waals surface area contributed by atoms with Crippen LogP contribution in [0.15, 0.2) is 54.1 Å². The minimum absolute atomic E-state index is 0.00576. The lowest BCUT2D eigenvalue weighted by atomic mass is 9.95. The Bertz CT molecular complexity index is 933. The first-order chi connectivity index (χ1) is 13.9. The standard InChI is InChI=1S/C22H24N2O5/c1-23(2)16-8-4-14(5-9-16)19-18(21(27)22(28)24(19)12-13-25)20(26)15-6-10-17(29-3)11-7-15/h4-11,19,25-26H,12-13H2,1-3H3/b20-18-. The molecule has 1 aliphatic rings. The number of rotatable bonds is 6. The number of methoxy groups -OCH3 is 1. The van der Waals surface area contributed by atoms with Gasteiger partial charge in [-0.2, -0.15) is 0 Å². The molecule has 1 saturated heterocycles. The molecule has 2 N–H and O–H groups in total. The van der Waals surface area contributed by atoms with Gasteiger partial charge in [0, 0.05) is 31.9 Å². The molecule has 1 unspecified atom stereocenters. The number of Topliss-reactive ketones (excluding diaryl/α,β-unsaturated/α-hetero) is 1. The van der Waals surface area contributed by atoms with Gasteiger partial charge < -0.3 is 24.7 Å². The van der Waals surface area contributed by atoms with Gasteiger partial charge in [0.1, 0.15) is 11.5 Å². The van der Waals surface area contributed by atoms with Crippen molar-refractivity contribution in [2.75, 3.05) is 39.3 Å². The average molecular weight is 396 g/mol. The molecule has 1 aliphatic heterocycles. The van der Waals surface area contributed by atoms with E-state index in [0.29, 0.717) is 16.9 Å². The zero-order chi connectivity index (χ0) is 21.1. The Labute approximate surface area is 169 Å². The Morgan fingerprint density at radius 2 is 1.69 bits per heavy atom. The molecule has 0 radical (unpaired) electrons. The van der Waals surface area contributed by atoms with Crippen LogP contribution in [0, 0.1) is 0 Å². The fourth-order valence-corrected chi connectivity index (χ4v) is 3.42. The van der Waals surface area contributed by atoms with Crippen molar-refractivity contribution in [2.45, 2.75) is 6.04 Å². The molecule has 0 spiro atoms. The molecule has 152 valence electrons. The van der Waals surface area contributed by atoms with E-state index in [2.05, 4.69) is 0 Å². The highest BCUT2D eigenvalue weighted by Crippen LogP contribution is 2.39. The highest BCUT2D eigenvalue weighted by Gasteiger charge is 2.45. The number of amides is 1. The predicted octanol–water partition coefficient (Wildman–Crippen LogP) is 2.18. The van der Waals surface area contributed by atoms with Gasteiger partial charge in [-0.05, 0) is 42.0 Å². The summed E-state index contributed by atoms with van der Waals surface area (Å²) < 4.78 is 5.12. The molecular formula is C22H24N2O5. The number of benzene rings is 2. The van der Waals surface area contributed by atoms with Crippen LogP contribution >= 0.6 is 0 Å². The predicted molar refractivity (Wildman–Crippen MR) is 110 cm³/mol. The summed E-state index contributed by atoms with van der Waals surface area (Å²) in [5, 5.41) is 20.3. The van der Waals surface area contributed by atoms with Crippen LogP contribution in [0.1, 0.15) is 17.2 Å². The van der Waals surface area contributed by atoms with Crippen LogP contribution in [0.25, 0.3) is 5.76 Å². The van der Waals surface area contributed by atoms with Crippen molar-refractivity contribution in [3.63, 3.8) is 0 Å². The summed E-state index contributed by atoms with van der Waals surface area (Å²) in [6.45, 7) is -0.300. The van der Waals surface area contributed by atoms with E-state index in [4.69, 9.17) is 4.74 Å². The van der Waals surface area contributed by atoms with Crippen LogP contribution in [-0.4, -0.2) is 61.2 Å². The fraction of sp³-hybridized carbons (Fsp3) is 0.273. The number of likely N-dealkylation sites (tertiary alicyclic amines) is 1. The Hall–Kier alpha value is -3.32. The second kappa shape index (κ2) is 8.36. The Balaban J connectivity index is 2.12. The first-order valence-electron chi connectivity index (χ1n) is 9.20. The minimum Gasteiger partial charge on any atom is -0.507 e. The molecule has 0 aromatic heterocycles. The van der Waals surface area contributed by atoms with Gasteiger partial charge in [0.15, 0.2) is 0 Å². The summed E-state index contributed by atoms with van der Waals surface area (Å²) in [6.07, 6.45) is 0. The van der Waals surface area contributed by atoms with Gasteiger partial charge in [-0.25, -0.2) is 0 Å². The lowest BCUT2D eigenvalue weighted by Crippen LogP contribution is -2.32. The lowest BCUT2D eigenvalue weighted by Gasteiger charge is -2.25. The van der Waals surface area contributed by atoms with E-state index < -0.39 is 17.7 Å². The number of aliphatic hydroxyl groups excluding tert-OH is 2. The molecule has 0 bridgehead atoms. The van der Waals surface area contributed by atoms with Crippen molar-refractivity contribution >= 4 is 23.1 Å². The van der Waals surface area contributed by atoms with Gasteiger partial charge in [-0.3, -0.25) is 9.59 Å². The number of ether oxygens (including phenoxy) is 1. The zero-order valence-electron chi connectivity index (χ0n) is 16.6. The van der Waals surface area contributed by atoms with E-state index in [1.54, 1.807) is 24.3 Å². The van der Waals surface area contributed by atoms with Crippen molar-refractivity contribution in [2.24, 2.45) is 0 Å². The topological polar surface area (TPSA) is 90.3 Å². The molecular weight excluding hydrogens is 372 g/mol. The van der Waals surface area contributed by atoms with Crippen molar-refractivity contribution in [1.82, 2.24) is 4.90 Å². The third-order valence-electron chi connectivity index (χ3n) is 4.97. The minimum atomic E-state index is -0.777. The molecule has 2 aromatic rings. The summed E-state index contributed by atoms with van der Waals surface area (Å²) in [4.78, 5) is 28.6. The van der Waals surface area contributed by atoms with Crippen LogP contribution in [0.2, 0.25) is 0 Å². The quantitative estimate of drug-likeness (QED) is 0.442. The third kappa shape index (κ3) is 3.82. The molecule has 0 saturated carbocycles. The number of carbonyl (C=O) groups is 2. The zero-order valence-corrected chi connectivity index (χ0v) is 16.6. The lowest BCUT2D eigenvalue weighted by molar-refractivity contribution is -0.140. The van der Waals surface area contributed by atoms with Crippen molar-refractivity contribution in [3.05, 3.63) is 65.2 Å². The largest absolute Gasteiger partial charge is 0.507 e. The van der Waals surface area contributed by atoms with Crippen LogP contribution in [0.4, 0.5) is 5.69 Å². The van der Waals surface area contributed by atoms with E-state index in [9.17, 15) is 19.8 Å². The van der Waals surface area contributed by atoms with E-state index in [0.717, 1.165) is 5.69 Å². The average Bonchev–Trinajstić information content (AvgIpc) is 2.98. The number of aliphatic hydroxyl groups is 2. The molecule has 7 nitrogen and oxygen atoms in total. The first kappa shape index (κ1) is 20.4. The molecule has 1 amide bonds. The summed E-state index contributed by atoms with van der Waals surface area (Å²) in [5.41, 5.74) is 2.05. The Morgan fingerprint density at radius 3 is 2.21 bits per heavy atom. The third-order valence-corrected chi connectivity index (χ3v) is 4.97. The monoisotopic (exact) mass is 396 g/mol. The van der Waals surface area contributed by atoms with E-state index in [1.807, 2.05) is 43.3 Å². The van der Waals surface area contributed by atoms with Gasteiger partial charge in [-0.1, -0.05) is 12.1 Å². The molecule has 2 aromatic carbocycles. The van der Waals surface area contributed by atoms with Gasteiger partial charge >= 0.3 is 0 Å². The number of carbonyl (C=O) groups excluding carboxylic acids is 2. The smallest absolute Gasteiger partial charge is 0.295 e. The normalized spacial score (nSPS) is 18.2. The molecule has 7 heteroatoms. The highest BCUT2D eigenvalue weighted by molar-refractivity contribution is 6.46. The van der Waals surface area contributed by atoms with Gasteiger partial charge in [0.2, 0.25) is 0 Å². The summed E-state index contributed by atoms with van der Waals surface area (Å²) in [6, 6.07) is 13.2. The molecule has 29 heavy (non-hydrogen) atoms. The maximum absolute atomic E-state index is 12.8. The number of ketones is 1. The maximum Gasteiger partial charge on any atom is 0.295 e. The van der Waals surface area contributed by atoms with Crippen LogP contribution in [0.5, 0.6) is 5.75 Å². The fourth-order valence-electron chi connectivity index (χ4n) is 3.42. The number of anilines is 1. The van der Waals surface area contributed by atoms with Gasteiger partial charge in [0.05, 0.1) is 25.3 Å². The number of nitrogens with zero attached hydrogens (tertiary/aromatic N) is 2. The number of β-amino-alcohol motifs (C(OH)–C–C–N with tert-alkyl or cyclic N) is 1. The van der Waals surface area contributed by atoms with Crippen molar-refractivity contribution in [3.8, 4) is 5.75 Å².